The number of sulfonamides is 1. The summed E-state index contributed by atoms with van der Waals surface area (Å²) in [7, 11) is -2.61. The van der Waals surface area contributed by atoms with Crippen LogP contribution in [0.2, 0.25) is 0 Å². The van der Waals surface area contributed by atoms with Gasteiger partial charge in [-0.3, -0.25) is 4.79 Å². The van der Waals surface area contributed by atoms with E-state index in [1.54, 1.807) is 0 Å². The van der Waals surface area contributed by atoms with Crippen LogP contribution in [0.1, 0.15) is 41.7 Å². The molecule has 1 fully saturated rings. The van der Waals surface area contributed by atoms with Crippen LogP contribution in [0.5, 0.6) is 5.75 Å². The maximum Gasteiger partial charge on any atom is 0.260 e. The normalized spacial score (nSPS) is 19.3. The first-order valence-electron chi connectivity index (χ1n) is 9.54. The highest BCUT2D eigenvalue weighted by Gasteiger charge is 2.29. The Labute approximate surface area is 174 Å². The molecule has 30 heavy (non-hydrogen) atoms. The van der Waals surface area contributed by atoms with Crippen molar-refractivity contribution in [1.82, 2.24) is 9.71 Å². The number of anilines is 1. The first kappa shape index (κ1) is 22.1. The molecule has 1 amide bonds. The minimum Gasteiger partial charge on any atom is -0.496 e. The number of aromatic nitrogens is 1. The Balaban J connectivity index is 1.86. The number of pyridine rings is 1. The molecular weight excluding hydrogens is 413 g/mol. The van der Waals surface area contributed by atoms with Crippen molar-refractivity contribution < 1.29 is 27.4 Å². The number of methoxy groups -OCH3 is 1. The number of aliphatic hydroxyl groups excluding tert-OH is 1. The van der Waals surface area contributed by atoms with Gasteiger partial charge in [0, 0.05) is 6.04 Å². The monoisotopic (exact) mass is 437 g/mol. The molecule has 1 saturated carbocycles. The molecule has 1 aliphatic carbocycles. The van der Waals surface area contributed by atoms with Gasteiger partial charge in [0.05, 0.1) is 29.4 Å². The summed E-state index contributed by atoms with van der Waals surface area (Å²) < 4.78 is 46.7. The number of carbonyl (C=O) groups excluding carboxylic acids is 1. The van der Waals surface area contributed by atoms with Crippen LogP contribution in [0.3, 0.4) is 0 Å². The van der Waals surface area contributed by atoms with Gasteiger partial charge in [-0.2, -0.15) is 0 Å². The van der Waals surface area contributed by atoms with Crippen molar-refractivity contribution in [3.63, 3.8) is 0 Å². The number of halogens is 1. The molecule has 3 N–H and O–H groups in total. The number of benzene rings is 1. The topological polar surface area (TPSA) is 118 Å². The molecule has 8 nitrogen and oxygen atoms in total. The Kier molecular flexibility index (Phi) is 6.69. The summed E-state index contributed by atoms with van der Waals surface area (Å²) in [5.41, 5.74) is 0.0969. The van der Waals surface area contributed by atoms with Gasteiger partial charge >= 0.3 is 0 Å². The lowest BCUT2D eigenvalue weighted by Gasteiger charge is -2.28. The highest BCUT2D eigenvalue weighted by atomic mass is 32.2. The number of rotatable bonds is 6. The maximum absolute atomic E-state index is 13.4. The van der Waals surface area contributed by atoms with Gasteiger partial charge < -0.3 is 15.2 Å². The van der Waals surface area contributed by atoms with E-state index in [9.17, 15) is 22.7 Å². The highest BCUT2D eigenvalue weighted by Crippen LogP contribution is 2.25. The second-order valence-electron chi connectivity index (χ2n) is 7.16. The Morgan fingerprint density at radius 2 is 1.97 bits per heavy atom. The predicted octanol–water partition coefficient (Wildman–Crippen LogP) is 2.37. The molecule has 0 spiro atoms. The molecule has 1 aromatic carbocycles. The number of hydrogen-bond donors (Lipinski definition) is 3. The zero-order valence-electron chi connectivity index (χ0n) is 16.7. The lowest BCUT2D eigenvalue weighted by Crippen LogP contribution is -2.44. The summed E-state index contributed by atoms with van der Waals surface area (Å²) in [6, 6.07) is 5.81. The SMILES string of the molecule is COc1ccc(S(=O)(=O)NC2CCCC[C@H]2O)cc1C(=O)Nc1ccc(F)c(C)n1. The summed E-state index contributed by atoms with van der Waals surface area (Å²) >= 11 is 0. The molecular formula is C20H24FN3O5S. The Morgan fingerprint density at radius 3 is 2.63 bits per heavy atom. The smallest absolute Gasteiger partial charge is 0.260 e. The van der Waals surface area contributed by atoms with Crippen molar-refractivity contribution in [2.24, 2.45) is 0 Å². The zero-order chi connectivity index (χ0) is 21.9. The largest absolute Gasteiger partial charge is 0.496 e. The average Bonchev–Trinajstić information content (AvgIpc) is 2.71. The number of nitrogens with one attached hydrogen (secondary N) is 2. The number of nitrogens with zero attached hydrogens (tertiary/aromatic N) is 1. The molecule has 0 bridgehead atoms. The second kappa shape index (κ2) is 9.07. The van der Waals surface area contributed by atoms with Gasteiger partial charge in [-0.25, -0.2) is 22.5 Å². The van der Waals surface area contributed by atoms with Gasteiger partial charge in [0.2, 0.25) is 10.0 Å². The van der Waals surface area contributed by atoms with E-state index >= 15 is 0 Å². The van der Waals surface area contributed by atoms with Gasteiger partial charge in [0.1, 0.15) is 17.4 Å². The van der Waals surface area contributed by atoms with E-state index in [2.05, 4.69) is 15.0 Å². The van der Waals surface area contributed by atoms with Crippen LogP contribution in [-0.4, -0.2) is 43.7 Å². The number of aliphatic hydroxyl groups is 1. The summed E-state index contributed by atoms with van der Waals surface area (Å²) in [6.07, 6.45) is 2.00. The van der Waals surface area contributed by atoms with Crippen molar-refractivity contribution in [2.45, 2.75) is 49.6 Å². The van der Waals surface area contributed by atoms with E-state index in [0.29, 0.717) is 12.8 Å². The van der Waals surface area contributed by atoms with Crippen LogP contribution in [0.15, 0.2) is 35.2 Å². The number of ether oxygens (including phenoxy) is 1. The number of carbonyl (C=O) groups is 1. The lowest BCUT2D eigenvalue weighted by molar-refractivity contribution is 0.101. The van der Waals surface area contributed by atoms with E-state index < -0.39 is 33.9 Å². The van der Waals surface area contributed by atoms with Crippen molar-refractivity contribution in [2.75, 3.05) is 12.4 Å². The Hall–Kier alpha value is -2.56. The van der Waals surface area contributed by atoms with Crippen molar-refractivity contribution >= 4 is 21.7 Å². The fourth-order valence-corrected chi connectivity index (χ4v) is 4.67. The minimum absolute atomic E-state index is 0.0201. The molecule has 1 unspecified atom stereocenters. The lowest BCUT2D eigenvalue weighted by atomic mass is 9.93. The molecule has 1 aliphatic rings. The summed E-state index contributed by atoms with van der Waals surface area (Å²) in [6.45, 7) is 1.46. The first-order chi connectivity index (χ1) is 14.2. The zero-order valence-corrected chi connectivity index (χ0v) is 17.5. The van der Waals surface area contributed by atoms with E-state index in [-0.39, 0.29) is 27.7 Å². The number of hydrogen-bond acceptors (Lipinski definition) is 6. The highest BCUT2D eigenvalue weighted by molar-refractivity contribution is 7.89. The molecule has 1 heterocycles. The minimum atomic E-state index is -3.97. The Morgan fingerprint density at radius 1 is 1.23 bits per heavy atom. The molecule has 0 radical (unpaired) electrons. The summed E-state index contributed by atoms with van der Waals surface area (Å²) in [5.74, 6) is -0.865. The van der Waals surface area contributed by atoms with E-state index in [0.717, 1.165) is 12.8 Å². The van der Waals surface area contributed by atoms with Crippen LogP contribution in [-0.2, 0) is 10.0 Å². The molecule has 10 heteroatoms. The average molecular weight is 437 g/mol. The molecule has 2 aromatic rings. The van der Waals surface area contributed by atoms with Crippen LogP contribution < -0.4 is 14.8 Å². The van der Waals surface area contributed by atoms with E-state index in [1.807, 2.05) is 0 Å². The quantitative estimate of drug-likeness (QED) is 0.639. The Bertz CT molecular complexity index is 1040. The van der Waals surface area contributed by atoms with E-state index in [1.165, 1.54) is 44.4 Å². The standard InChI is InChI=1S/C20H24FN3O5S/c1-12-15(21)8-10-19(22-12)23-20(26)14-11-13(7-9-18(14)29-2)30(27,28)24-16-5-3-4-6-17(16)25/h7-11,16-17,24-25H,3-6H2,1-2H3,(H,22,23,26)/t16?,17-/m1/s1. The van der Waals surface area contributed by atoms with Crippen molar-refractivity contribution in [3.8, 4) is 5.75 Å². The van der Waals surface area contributed by atoms with Gasteiger partial charge in [0.25, 0.3) is 5.91 Å². The first-order valence-corrected chi connectivity index (χ1v) is 11.0. The predicted molar refractivity (Wildman–Crippen MR) is 108 cm³/mol. The van der Waals surface area contributed by atoms with Gasteiger partial charge in [-0.05, 0) is 50.1 Å². The third-order valence-corrected chi connectivity index (χ3v) is 6.51. The number of amides is 1. The van der Waals surface area contributed by atoms with Gasteiger partial charge in [-0.15, -0.1) is 0 Å². The fraction of sp³-hybridized carbons (Fsp3) is 0.400. The molecule has 162 valence electrons. The van der Waals surface area contributed by atoms with Crippen LogP contribution in [0.25, 0.3) is 0 Å². The van der Waals surface area contributed by atoms with Crippen LogP contribution >= 0.6 is 0 Å². The summed E-state index contributed by atoms with van der Waals surface area (Å²) in [5, 5.41) is 12.6. The summed E-state index contributed by atoms with van der Waals surface area (Å²) in [4.78, 5) is 16.5. The molecule has 3 rings (SSSR count). The maximum atomic E-state index is 13.4. The number of aryl methyl sites for hydroxylation is 1. The molecule has 0 aliphatic heterocycles. The van der Waals surface area contributed by atoms with Gasteiger partial charge in [-0.1, -0.05) is 12.8 Å². The second-order valence-corrected chi connectivity index (χ2v) is 8.87. The third-order valence-electron chi connectivity index (χ3n) is 5.02. The molecule has 0 saturated heterocycles. The molecule has 2 atom stereocenters. The van der Waals surface area contributed by atoms with Gasteiger partial charge in [0.15, 0.2) is 0 Å². The molecule has 1 aromatic heterocycles. The van der Waals surface area contributed by atoms with Crippen LogP contribution in [0.4, 0.5) is 10.2 Å². The van der Waals surface area contributed by atoms with Crippen molar-refractivity contribution in [1.29, 1.82) is 0 Å². The third kappa shape index (κ3) is 4.94. The van der Waals surface area contributed by atoms with Crippen LogP contribution in [0, 0.1) is 12.7 Å². The van der Waals surface area contributed by atoms with Crippen molar-refractivity contribution in [3.05, 3.63) is 47.4 Å². The van der Waals surface area contributed by atoms with E-state index in [4.69, 9.17) is 4.74 Å². The fourth-order valence-electron chi connectivity index (χ4n) is 3.35.